The molecule has 0 radical (unpaired) electrons. The lowest BCUT2D eigenvalue weighted by atomic mass is 9.95. The van der Waals surface area contributed by atoms with Gasteiger partial charge in [0.25, 0.3) is 0 Å². The minimum Gasteiger partial charge on any atom is -0.592 e. The number of pyridine rings is 1. The summed E-state index contributed by atoms with van der Waals surface area (Å²) in [6, 6.07) is 3.86. The normalized spacial score (nSPS) is 27.0. The summed E-state index contributed by atoms with van der Waals surface area (Å²) in [6.07, 6.45) is 3.49. The zero-order valence-corrected chi connectivity index (χ0v) is 17.1. The van der Waals surface area contributed by atoms with Crippen molar-refractivity contribution < 1.29 is 9.29 Å². The van der Waals surface area contributed by atoms with Crippen molar-refractivity contribution in [1.29, 1.82) is 5.41 Å². The van der Waals surface area contributed by atoms with Crippen LogP contribution in [0.3, 0.4) is 0 Å². The number of nitrogens with one attached hydrogen (secondary N) is 2. The molecule has 0 amide bonds. The van der Waals surface area contributed by atoms with Crippen LogP contribution in [0.2, 0.25) is 5.02 Å². The van der Waals surface area contributed by atoms with Crippen LogP contribution in [0.1, 0.15) is 17.4 Å². The first-order valence-electron chi connectivity index (χ1n) is 8.23. The van der Waals surface area contributed by atoms with Gasteiger partial charge in [0.15, 0.2) is 10.8 Å². The molecule has 0 aliphatic carbocycles. The number of guanidine groups is 1. The fourth-order valence-electron chi connectivity index (χ4n) is 3.35. The van der Waals surface area contributed by atoms with E-state index < -0.39 is 16.9 Å². The van der Waals surface area contributed by atoms with Gasteiger partial charge in [-0.15, -0.1) is 17.3 Å². The van der Waals surface area contributed by atoms with E-state index in [1.165, 1.54) is 15.6 Å². The van der Waals surface area contributed by atoms with Gasteiger partial charge in [-0.05, 0) is 19.1 Å². The van der Waals surface area contributed by atoms with Gasteiger partial charge >= 0.3 is 0 Å². The third kappa shape index (κ3) is 3.00. The van der Waals surface area contributed by atoms with Crippen molar-refractivity contribution in [2.45, 2.75) is 17.7 Å². The van der Waals surface area contributed by atoms with Crippen LogP contribution < -0.4 is 5.32 Å². The molecule has 0 saturated carbocycles. The van der Waals surface area contributed by atoms with Crippen LogP contribution in [0, 0.1) is 17.3 Å². The molecule has 2 aromatic rings. The molecule has 9 heteroatoms. The lowest BCUT2D eigenvalue weighted by Gasteiger charge is -2.42. The van der Waals surface area contributed by atoms with Gasteiger partial charge in [0, 0.05) is 28.4 Å². The molecule has 2 aliphatic heterocycles. The van der Waals surface area contributed by atoms with Gasteiger partial charge in [-0.25, -0.2) is 0 Å². The molecule has 6 nitrogen and oxygen atoms in total. The van der Waals surface area contributed by atoms with Gasteiger partial charge in [0.2, 0.25) is 5.96 Å². The van der Waals surface area contributed by atoms with Gasteiger partial charge in [-0.3, -0.25) is 10.4 Å². The monoisotopic (exact) mass is 420 g/mol. The average molecular weight is 421 g/mol. The van der Waals surface area contributed by atoms with Crippen LogP contribution in [0.5, 0.6) is 0 Å². The second-order valence-corrected chi connectivity index (χ2v) is 9.48. The molecule has 0 bridgehead atoms. The van der Waals surface area contributed by atoms with Crippen LogP contribution in [-0.4, -0.2) is 45.3 Å². The van der Waals surface area contributed by atoms with Crippen molar-refractivity contribution in [3.8, 4) is 22.3 Å². The molecule has 2 fully saturated rings. The van der Waals surface area contributed by atoms with Gasteiger partial charge in [-0.2, -0.15) is 4.31 Å². The molecule has 27 heavy (non-hydrogen) atoms. The molecule has 2 aromatic heterocycles. The van der Waals surface area contributed by atoms with Crippen LogP contribution in [0.15, 0.2) is 24.5 Å². The summed E-state index contributed by atoms with van der Waals surface area (Å²) < 4.78 is 19.9. The fraction of sp³-hybridized carbons (Fsp3) is 0.333. The number of nitrogens with zero attached hydrogens (tertiary/aromatic N) is 2. The second-order valence-electron chi connectivity index (χ2n) is 6.35. The fourth-order valence-corrected chi connectivity index (χ4v) is 6.51. The van der Waals surface area contributed by atoms with Crippen molar-refractivity contribution >= 4 is 40.3 Å². The van der Waals surface area contributed by atoms with E-state index in [2.05, 4.69) is 22.1 Å². The number of fused-ring (bicyclic) bond motifs is 1. The Balaban J connectivity index is 1.78. The number of ether oxygens (including phenoxy) is 1. The van der Waals surface area contributed by atoms with Crippen LogP contribution in [0.25, 0.3) is 10.4 Å². The lowest BCUT2D eigenvalue weighted by Crippen LogP contribution is -2.66. The van der Waals surface area contributed by atoms with Crippen molar-refractivity contribution in [3.63, 3.8) is 0 Å². The predicted molar refractivity (Wildman–Crippen MR) is 108 cm³/mol. The minimum atomic E-state index is -1.37. The number of rotatable bonds is 2. The first-order chi connectivity index (χ1) is 13.0. The Morgan fingerprint density at radius 2 is 2.33 bits per heavy atom. The molecule has 0 spiro atoms. The van der Waals surface area contributed by atoms with Gasteiger partial charge < -0.3 is 14.6 Å². The highest BCUT2D eigenvalue weighted by Crippen LogP contribution is 2.47. The van der Waals surface area contributed by atoms with Crippen molar-refractivity contribution in [2.75, 3.05) is 20.3 Å². The quantitative estimate of drug-likeness (QED) is 0.576. The molecular weight excluding hydrogens is 404 g/mol. The third-order valence-electron chi connectivity index (χ3n) is 4.70. The standard InChI is InChI=1S/C18H17ClN4O2S2/c1-3-4-11-5-12(8-21-7-11)14-6-13(19)16(26-14)18-10-25-9-15(18)27(24)23(2)17(20)22-18/h5-8,15H,9-10H2,1-2H3,(H2,20,22). The Kier molecular flexibility index (Phi) is 4.82. The Morgan fingerprint density at radius 1 is 1.52 bits per heavy atom. The molecule has 3 unspecified atom stereocenters. The van der Waals surface area contributed by atoms with E-state index >= 15 is 0 Å². The number of halogens is 1. The van der Waals surface area contributed by atoms with Crippen LogP contribution in [-0.2, 0) is 21.6 Å². The van der Waals surface area contributed by atoms with Crippen LogP contribution >= 0.6 is 22.9 Å². The van der Waals surface area contributed by atoms with Gasteiger partial charge in [-0.1, -0.05) is 17.5 Å². The Bertz CT molecular complexity index is 970. The van der Waals surface area contributed by atoms with Crippen molar-refractivity contribution in [3.05, 3.63) is 40.0 Å². The van der Waals surface area contributed by atoms with E-state index in [-0.39, 0.29) is 11.2 Å². The highest BCUT2D eigenvalue weighted by atomic mass is 35.5. The van der Waals surface area contributed by atoms with E-state index in [1.807, 2.05) is 12.1 Å². The summed E-state index contributed by atoms with van der Waals surface area (Å²) in [5.74, 6) is 5.98. The molecular formula is C18H17ClN4O2S2. The SMILES string of the molecule is CC#Cc1cncc(-c2cc(Cl)c(C34COCC3[S+]([O-])N(C)C(=N)N4)s2)c1. The largest absolute Gasteiger partial charge is 0.592 e. The topological polar surface area (TPSA) is 84.3 Å². The molecule has 2 N–H and O–H groups in total. The summed E-state index contributed by atoms with van der Waals surface area (Å²) in [4.78, 5) is 6.04. The third-order valence-corrected chi connectivity index (χ3v) is 8.22. The molecule has 2 aliphatic rings. The maximum Gasteiger partial charge on any atom is 0.234 e. The van der Waals surface area contributed by atoms with E-state index in [0.717, 1.165) is 20.9 Å². The second kappa shape index (κ2) is 7.00. The Morgan fingerprint density at radius 3 is 3.11 bits per heavy atom. The number of hydrogen-bond acceptors (Lipinski definition) is 5. The van der Waals surface area contributed by atoms with Gasteiger partial charge in [0.05, 0.1) is 41.5 Å². The molecule has 140 valence electrons. The highest BCUT2D eigenvalue weighted by Gasteiger charge is 2.60. The lowest BCUT2D eigenvalue weighted by molar-refractivity contribution is 0.173. The van der Waals surface area contributed by atoms with E-state index in [0.29, 0.717) is 18.2 Å². The molecule has 4 rings (SSSR count). The van der Waals surface area contributed by atoms with Gasteiger partial charge in [0.1, 0.15) is 0 Å². The number of thiophene rings is 1. The maximum atomic E-state index is 12.8. The zero-order valence-electron chi connectivity index (χ0n) is 14.7. The molecule has 0 aromatic carbocycles. The Hall–Kier alpha value is -1.76. The minimum absolute atomic E-state index is 0.1000. The number of aromatic nitrogens is 1. The average Bonchev–Trinajstić information content (AvgIpc) is 3.25. The number of hydrogen-bond donors (Lipinski definition) is 2. The van der Waals surface area contributed by atoms with E-state index in [1.54, 1.807) is 26.4 Å². The zero-order chi connectivity index (χ0) is 19.2. The maximum absolute atomic E-state index is 12.8. The smallest absolute Gasteiger partial charge is 0.234 e. The van der Waals surface area contributed by atoms with E-state index in [9.17, 15) is 4.55 Å². The van der Waals surface area contributed by atoms with Crippen LogP contribution in [0.4, 0.5) is 0 Å². The molecule has 3 atom stereocenters. The van der Waals surface area contributed by atoms with Crippen molar-refractivity contribution in [1.82, 2.24) is 14.6 Å². The summed E-state index contributed by atoms with van der Waals surface area (Å²) in [5.41, 5.74) is 0.994. The first-order valence-corrected chi connectivity index (χ1v) is 10.6. The van der Waals surface area contributed by atoms with E-state index in [4.69, 9.17) is 21.7 Å². The first kappa shape index (κ1) is 18.6. The summed E-state index contributed by atoms with van der Waals surface area (Å²) >= 11 is 6.74. The predicted octanol–water partition coefficient (Wildman–Crippen LogP) is 2.56. The summed E-state index contributed by atoms with van der Waals surface area (Å²) in [5, 5.41) is 11.6. The molecule has 4 heterocycles. The molecule has 2 saturated heterocycles. The summed E-state index contributed by atoms with van der Waals surface area (Å²) in [7, 11) is 1.64. The highest BCUT2D eigenvalue weighted by molar-refractivity contribution is 7.90. The Labute approximate surface area is 169 Å². The summed E-state index contributed by atoms with van der Waals surface area (Å²) in [6.45, 7) is 2.45. The van der Waals surface area contributed by atoms with Crippen molar-refractivity contribution in [2.24, 2.45) is 0 Å².